The third kappa shape index (κ3) is 3.61. The standard InChI is InChI=1S/C23H23N3O3S/c1-3-4-13-18(22(28)29)30-23-25-19-15-10-6-7-11-16(15)24-20(19)21(27)26(23)17-12-8-5-9-14(17)2/h5-12,18,24H,3-4,13H2,1-2H3,(H,28,29). The van der Waals surface area contributed by atoms with Crippen LogP contribution >= 0.6 is 11.8 Å². The molecule has 0 spiro atoms. The Kier molecular flexibility index (Phi) is 5.63. The highest BCUT2D eigenvalue weighted by Gasteiger charge is 2.24. The highest BCUT2D eigenvalue weighted by Crippen LogP contribution is 2.31. The highest BCUT2D eigenvalue weighted by molar-refractivity contribution is 8.00. The van der Waals surface area contributed by atoms with Crippen LogP contribution in [0.1, 0.15) is 31.7 Å². The number of H-pyrrole nitrogens is 1. The average Bonchev–Trinajstić information content (AvgIpc) is 3.11. The molecule has 154 valence electrons. The molecule has 2 N–H and O–H groups in total. The Morgan fingerprint density at radius 1 is 1.20 bits per heavy atom. The Balaban J connectivity index is 1.99. The van der Waals surface area contributed by atoms with E-state index in [4.69, 9.17) is 4.98 Å². The van der Waals surface area contributed by atoms with Crippen molar-refractivity contribution < 1.29 is 9.90 Å². The summed E-state index contributed by atoms with van der Waals surface area (Å²) in [6.45, 7) is 3.96. The van der Waals surface area contributed by atoms with E-state index in [1.165, 1.54) is 0 Å². The van der Waals surface area contributed by atoms with Crippen molar-refractivity contribution in [2.24, 2.45) is 0 Å². The van der Waals surface area contributed by atoms with Gasteiger partial charge in [0.1, 0.15) is 16.3 Å². The molecule has 2 aromatic carbocycles. The number of thioether (sulfide) groups is 1. The van der Waals surface area contributed by atoms with Crippen molar-refractivity contribution in [1.29, 1.82) is 0 Å². The molecule has 2 heterocycles. The molecule has 0 aliphatic heterocycles. The van der Waals surface area contributed by atoms with E-state index in [1.54, 1.807) is 4.57 Å². The lowest BCUT2D eigenvalue weighted by molar-refractivity contribution is -0.136. The van der Waals surface area contributed by atoms with Crippen LogP contribution < -0.4 is 5.56 Å². The molecule has 30 heavy (non-hydrogen) atoms. The molecule has 1 unspecified atom stereocenters. The monoisotopic (exact) mass is 421 g/mol. The number of aliphatic carboxylic acids is 1. The quantitative estimate of drug-likeness (QED) is 0.327. The lowest BCUT2D eigenvalue weighted by Crippen LogP contribution is -2.25. The summed E-state index contributed by atoms with van der Waals surface area (Å²) in [5.74, 6) is -0.891. The number of benzene rings is 2. The fourth-order valence-corrected chi connectivity index (χ4v) is 4.67. The number of rotatable bonds is 7. The maximum Gasteiger partial charge on any atom is 0.317 e. The molecule has 7 heteroatoms. The van der Waals surface area contributed by atoms with Crippen molar-refractivity contribution in [2.75, 3.05) is 0 Å². The number of hydrogen-bond acceptors (Lipinski definition) is 4. The first-order chi connectivity index (χ1) is 14.5. The Morgan fingerprint density at radius 3 is 2.67 bits per heavy atom. The Hall–Kier alpha value is -3.06. The number of nitrogens with zero attached hydrogens (tertiary/aromatic N) is 2. The Bertz CT molecular complexity index is 1290. The SMILES string of the molecule is CCCCC(Sc1nc2c([nH]c3ccccc32)c(=O)n1-c1ccccc1C)C(=O)O. The van der Waals surface area contributed by atoms with Gasteiger partial charge >= 0.3 is 5.97 Å². The summed E-state index contributed by atoms with van der Waals surface area (Å²) >= 11 is 1.15. The lowest BCUT2D eigenvalue weighted by Gasteiger charge is -2.17. The van der Waals surface area contributed by atoms with E-state index in [9.17, 15) is 14.7 Å². The van der Waals surface area contributed by atoms with E-state index in [0.29, 0.717) is 28.3 Å². The number of carboxylic acids is 1. The molecule has 6 nitrogen and oxygen atoms in total. The van der Waals surface area contributed by atoms with Crippen LogP contribution in [0.25, 0.3) is 27.6 Å². The van der Waals surface area contributed by atoms with Gasteiger partial charge in [0.05, 0.1) is 5.69 Å². The zero-order valence-corrected chi connectivity index (χ0v) is 17.7. The third-order valence-electron chi connectivity index (χ3n) is 5.19. The van der Waals surface area contributed by atoms with Crippen LogP contribution in [0.3, 0.4) is 0 Å². The van der Waals surface area contributed by atoms with Gasteiger partial charge in [-0.1, -0.05) is 67.9 Å². The van der Waals surface area contributed by atoms with Gasteiger partial charge in [0.25, 0.3) is 5.56 Å². The normalized spacial score (nSPS) is 12.5. The second-order valence-corrected chi connectivity index (χ2v) is 8.47. The summed E-state index contributed by atoms with van der Waals surface area (Å²) in [6.07, 6.45) is 2.23. The molecule has 0 aliphatic rings. The number of nitrogens with one attached hydrogen (secondary N) is 1. The summed E-state index contributed by atoms with van der Waals surface area (Å²) in [6, 6.07) is 15.2. The van der Waals surface area contributed by atoms with Crippen molar-refractivity contribution in [3.05, 3.63) is 64.4 Å². The molecule has 1 atom stereocenters. The second-order valence-electron chi connectivity index (χ2n) is 7.30. The number of hydrogen-bond donors (Lipinski definition) is 2. The summed E-state index contributed by atoms with van der Waals surface area (Å²) < 4.78 is 1.54. The second kappa shape index (κ2) is 8.36. The zero-order valence-electron chi connectivity index (χ0n) is 16.9. The van der Waals surface area contributed by atoms with Crippen molar-refractivity contribution in [1.82, 2.24) is 14.5 Å². The zero-order chi connectivity index (χ0) is 21.3. The molecule has 0 radical (unpaired) electrons. The molecular formula is C23H23N3O3S. The first-order valence-electron chi connectivity index (χ1n) is 10.00. The summed E-state index contributed by atoms with van der Waals surface area (Å²) in [5.41, 5.74) is 3.22. The van der Waals surface area contributed by atoms with Gasteiger partial charge in [0, 0.05) is 10.9 Å². The van der Waals surface area contributed by atoms with Crippen LogP contribution in [0.2, 0.25) is 0 Å². The van der Waals surface area contributed by atoms with Crippen LogP contribution in [0, 0.1) is 6.92 Å². The molecule has 0 bridgehead atoms. The van der Waals surface area contributed by atoms with E-state index in [-0.39, 0.29) is 5.56 Å². The highest BCUT2D eigenvalue weighted by atomic mass is 32.2. The van der Waals surface area contributed by atoms with Gasteiger partial charge in [-0.05, 0) is 31.0 Å². The smallest absolute Gasteiger partial charge is 0.317 e. The van der Waals surface area contributed by atoms with Gasteiger partial charge in [0.2, 0.25) is 0 Å². The molecule has 4 aromatic rings. The van der Waals surface area contributed by atoms with Crippen LogP contribution in [0.15, 0.2) is 58.5 Å². The third-order valence-corrected chi connectivity index (χ3v) is 6.40. The fourth-order valence-electron chi connectivity index (χ4n) is 3.60. The minimum Gasteiger partial charge on any atom is -0.480 e. The maximum absolute atomic E-state index is 13.6. The molecule has 2 aromatic heterocycles. The molecule has 0 fully saturated rings. The van der Waals surface area contributed by atoms with E-state index in [2.05, 4.69) is 4.98 Å². The summed E-state index contributed by atoms with van der Waals surface area (Å²) in [4.78, 5) is 33.5. The predicted molar refractivity (Wildman–Crippen MR) is 121 cm³/mol. The topological polar surface area (TPSA) is 88.0 Å². The first-order valence-corrected chi connectivity index (χ1v) is 10.9. The average molecular weight is 422 g/mol. The van der Waals surface area contributed by atoms with Crippen molar-refractivity contribution in [3.8, 4) is 5.69 Å². The minimum atomic E-state index is -0.891. The van der Waals surface area contributed by atoms with Crippen molar-refractivity contribution >= 4 is 39.7 Å². The van der Waals surface area contributed by atoms with Gasteiger partial charge < -0.3 is 10.1 Å². The number of carboxylic acid groups (broad SMARTS) is 1. The number of unbranched alkanes of at least 4 members (excludes halogenated alkanes) is 1. The van der Waals surface area contributed by atoms with E-state index in [0.717, 1.165) is 41.1 Å². The van der Waals surface area contributed by atoms with Crippen LogP contribution in [-0.4, -0.2) is 30.9 Å². The summed E-state index contributed by atoms with van der Waals surface area (Å²) in [5, 5.41) is 10.3. The molecule has 0 aliphatic carbocycles. The first kappa shape index (κ1) is 20.2. The molecule has 0 saturated heterocycles. The number of aromatic amines is 1. The fraction of sp³-hybridized carbons (Fsp3) is 0.261. The summed E-state index contributed by atoms with van der Waals surface area (Å²) in [7, 11) is 0. The van der Waals surface area contributed by atoms with Gasteiger partial charge in [-0.2, -0.15) is 0 Å². The molecule has 0 amide bonds. The largest absolute Gasteiger partial charge is 0.480 e. The van der Waals surface area contributed by atoms with Gasteiger partial charge in [-0.25, -0.2) is 4.98 Å². The molecule has 0 saturated carbocycles. The molecular weight excluding hydrogens is 398 g/mol. The predicted octanol–water partition coefficient (Wildman–Crippen LogP) is 4.91. The van der Waals surface area contributed by atoms with Crippen molar-refractivity contribution in [3.63, 3.8) is 0 Å². The van der Waals surface area contributed by atoms with Gasteiger partial charge in [-0.3, -0.25) is 14.2 Å². The number of aromatic nitrogens is 3. The van der Waals surface area contributed by atoms with Crippen LogP contribution in [0.5, 0.6) is 0 Å². The van der Waals surface area contributed by atoms with E-state index in [1.807, 2.05) is 62.4 Å². The maximum atomic E-state index is 13.6. The number of fused-ring (bicyclic) bond motifs is 3. The minimum absolute atomic E-state index is 0.229. The lowest BCUT2D eigenvalue weighted by atomic mass is 10.2. The van der Waals surface area contributed by atoms with Gasteiger partial charge in [0.15, 0.2) is 5.16 Å². The van der Waals surface area contributed by atoms with Crippen LogP contribution in [-0.2, 0) is 4.79 Å². The van der Waals surface area contributed by atoms with E-state index >= 15 is 0 Å². The van der Waals surface area contributed by atoms with Crippen LogP contribution in [0.4, 0.5) is 0 Å². The number of carbonyl (C=O) groups is 1. The van der Waals surface area contributed by atoms with Crippen molar-refractivity contribution in [2.45, 2.75) is 43.5 Å². The number of aryl methyl sites for hydroxylation is 1. The number of para-hydroxylation sites is 2. The Morgan fingerprint density at radius 2 is 1.93 bits per heavy atom. The Labute approximate surface area is 178 Å². The van der Waals surface area contributed by atoms with E-state index < -0.39 is 11.2 Å². The molecule has 4 rings (SSSR count). The van der Waals surface area contributed by atoms with Gasteiger partial charge in [-0.15, -0.1) is 0 Å².